The average molecular weight is 199 g/mol. The molecule has 0 aromatic heterocycles. The van der Waals surface area contributed by atoms with Crippen molar-refractivity contribution in [3.63, 3.8) is 0 Å². The van der Waals surface area contributed by atoms with Gasteiger partial charge in [0.05, 0.1) is 0 Å². The number of piperidine rings is 1. The van der Waals surface area contributed by atoms with E-state index < -0.39 is 0 Å². The second-order valence-electron chi connectivity index (χ2n) is 6.36. The summed E-state index contributed by atoms with van der Waals surface area (Å²) in [5.41, 5.74) is 0.380. The van der Waals surface area contributed by atoms with E-state index in [9.17, 15) is 5.11 Å². The van der Waals surface area contributed by atoms with Crippen LogP contribution in [-0.4, -0.2) is 28.8 Å². The first-order valence-electron chi connectivity index (χ1n) is 5.45. The van der Waals surface area contributed by atoms with Crippen molar-refractivity contribution >= 4 is 0 Å². The lowest BCUT2D eigenvalue weighted by Gasteiger charge is -2.62. The van der Waals surface area contributed by atoms with Gasteiger partial charge in [-0.1, -0.05) is 27.7 Å². The lowest BCUT2D eigenvalue weighted by atomic mass is 9.54. The Kier molecular flexibility index (Phi) is 2.53. The van der Waals surface area contributed by atoms with E-state index in [0.29, 0.717) is 0 Å². The molecular weight excluding hydrogens is 174 g/mol. The van der Waals surface area contributed by atoms with Crippen LogP contribution < -0.4 is 0 Å². The van der Waals surface area contributed by atoms with Crippen molar-refractivity contribution in [1.29, 1.82) is 0 Å². The number of aliphatic hydroxyl groups excluding tert-OH is 1. The van der Waals surface area contributed by atoms with Gasteiger partial charge in [-0.05, 0) is 38.1 Å². The van der Waals surface area contributed by atoms with Crippen molar-refractivity contribution in [3.05, 3.63) is 0 Å². The Hall–Kier alpha value is -0.0800. The quantitative estimate of drug-likeness (QED) is 0.648. The topological polar surface area (TPSA) is 23.5 Å². The first-order chi connectivity index (χ1) is 6.04. The minimum absolute atomic E-state index is 0.0220. The zero-order chi connectivity index (χ0) is 11.4. The molecule has 0 aliphatic carbocycles. The van der Waals surface area contributed by atoms with Gasteiger partial charge in [0.25, 0.3) is 0 Å². The second-order valence-corrected chi connectivity index (χ2v) is 6.36. The fourth-order valence-electron chi connectivity index (χ4n) is 2.49. The highest BCUT2D eigenvalue weighted by Gasteiger charge is 2.55. The molecule has 1 aliphatic rings. The molecule has 1 atom stereocenters. The van der Waals surface area contributed by atoms with Gasteiger partial charge in [0, 0.05) is 5.54 Å². The van der Waals surface area contributed by atoms with Crippen molar-refractivity contribution in [3.8, 4) is 0 Å². The van der Waals surface area contributed by atoms with E-state index in [4.69, 9.17) is 0 Å². The zero-order valence-electron chi connectivity index (χ0n) is 10.7. The normalized spacial score (nSPS) is 35.6. The van der Waals surface area contributed by atoms with Crippen molar-refractivity contribution in [2.24, 2.45) is 10.8 Å². The molecular formula is C12H25NO. The number of aliphatic hydroxyl groups is 1. The molecule has 0 saturated carbocycles. The van der Waals surface area contributed by atoms with Crippen LogP contribution in [0.2, 0.25) is 0 Å². The maximum atomic E-state index is 10.0. The molecule has 0 aromatic rings. The Labute approximate surface area is 88.3 Å². The van der Waals surface area contributed by atoms with E-state index >= 15 is 0 Å². The van der Waals surface area contributed by atoms with Crippen molar-refractivity contribution < 1.29 is 5.11 Å². The number of nitrogens with zero attached hydrogens (tertiary/aromatic N) is 1. The maximum Gasteiger partial charge on any atom is 0.108 e. The SMILES string of the molecule is CN1C(O)CC(C)(C)C(C)(C)C1(C)C. The highest BCUT2D eigenvalue weighted by Crippen LogP contribution is 2.55. The fraction of sp³-hybridized carbons (Fsp3) is 1.00. The van der Waals surface area contributed by atoms with Gasteiger partial charge in [0.1, 0.15) is 6.23 Å². The van der Waals surface area contributed by atoms with Gasteiger partial charge in [-0.15, -0.1) is 0 Å². The van der Waals surface area contributed by atoms with E-state index in [1.807, 2.05) is 7.05 Å². The van der Waals surface area contributed by atoms with Crippen molar-refractivity contribution in [2.45, 2.75) is 59.7 Å². The molecule has 14 heavy (non-hydrogen) atoms. The van der Waals surface area contributed by atoms with Crippen LogP contribution in [0.1, 0.15) is 48.0 Å². The summed E-state index contributed by atoms with van der Waals surface area (Å²) in [6.45, 7) is 13.6. The number of likely N-dealkylation sites (tertiary alicyclic amines) is 1. The third-order valence-electron chi connectivity index (χ3n) is 5.24. The molecule has 0 radical (unpaired) electrons. The minimum atomic E-state index is -0.312. The molecule has 84 valence electrons. The average Bonchev–Trinajstić information content (AvgIpc) is 1.99. The van der Waals surface area contributed by atoms with E-state index in [1.165, 1.54) is 0 Å². The summed E-state index contributed by atoms with van der Waals surface area (Å²) in [6, 6.07) is 0. The Morgan fingerprint density at radius 3 is 1.93 bits per heavy atom. The third-order valence-corrected chi connectivity index (χ3v) is 5.24. The molecule has 0 aromatic carbocycles. The van der Waals surface area contributed by atoms with Crippen LogP contribution in [0.15, 0.2) is 0 Å². The number of hydrogen-bond acceptors (Lipinski definition) is 2. The minimum Gasteiger partial charge on any atom is -0.378 e. The molecule has 1 rings (SSSR count). The highest BCUT2D eigenvalue weighted by molar-refractivity contribution is 5.06. The van der Waals surface area contributed by atoms with Gasteiger partial charge in [-0.25, -0.2) is 0 Å². The number of hydrogen-bond donors (Lipinski definition) is 1. The largest absolute Gasteiger partial charge is 0.378 e. The Balaban J connectivity index is 3.15. The van der Waals surface area contributed by atoms with Gasteiger partial charge < -0.3 is 5.11 Å². The predicted octanol–water partition coefficient (Wildman–Crippen LogP) is 2.47. The monoisotopic (exact) mass is 199 g/mol. The van der Waals surface area contributed by atoms with Gasteiger partial charge in [-0.3, -0.25) is 4.90 Å². The second kappa shape index (κ2) is 2.96. The zero-order valence-corrected chi connectivity index (χ0v) is 10.7. The van der Waals surface area contributed by atoms with Crippen LogP contribution in [0.5, 0.6) is 0 Å². The summed E-state index contributed by atoms with van der Waals surface area (Å²) in [5, 5.41) is 10.0. The van der Waals surface area contributed by atoms with Crippen LogP contribution in [0, 0.1) is 10.8 Å². The van der Waals surface area contributed by atoms with Gasteiger partial charge in [-0.2, -0.15) is 0 Å². The molecule has 1 heterocycles. The Morgan fingerprint density at radius 1 is 1.07 bits per heavy atom. The van der Waals surface area contributed by atoms with Crippen LogP contribution in [-0.2, 0) is 0 Å². The van der Waals surface area contributed by atoms with Crippen LogP contribution in [0.25, 0.3) is 0 Å². The summed E-state index contributed by atoms with van der Waals surface area (Å²) >= 11 is 0. The van der Waals surface area contributed by atoms with Gasteiger partial charge in [0.2, 0.25) is 0 Å². The molecule has 2 nitrogen and oxygen atoms in total. The van der Waals surface area contributed by atoms with Crippen molar-refractivity contribution in [1.82, 2.24) is 4.90 Å². The highest BCUT2D eigenvalue weighted by atomic mass is 16.3. The molecule has 1 saturated heterocycles. The van der Waals surface area contributed by atoms with Gasteiger partial charge in [0.15, 0.2) is 0 Å². The van der Waals surface area contributed by atoms with E-state index in [1.54, 1.807) is 0 Å². The summed E-state index contributed by atoms with van der Waals surface area (Å²) in [7, 11) is 2.02. The fourth-order valence-corrected chi connectivity index (χ4v) is 2.49. The van der Waals surface area contributed by atoms with Crippen LogP contribution in [0.3, 0.4) is 0 Å². The molecule has 0 bridgehead atoms. The lowest BCUT2D eigenvalue weighted by molar-refractivity contribution is -0.188. The molecule has 1 N–H and O–H groups in total. The molecule has 1 unspecified atom stereocenters. The molecule has 0 amide bonds. The Bertz CT molecular complexity index is 230. The van der Waals surface area contributed by atoms with E-state index in [0.717, 1.165) is 6.42 Å². The molecule has 1 aliphatic heterocycles. The van der Waals surface area contributed by atoms with Gasteiger partial charge >= 0.3 is 0 Å². The first kappa shape index (κ1) is 12.0. The molecule has 0 spiro atoms. The third kappa shape index (κ3) is 1.31. The molecule has 2 heteroatoms. The maximum absolute atomic E-state index is 10.0. The standard InChI is InChI=1S/C12H25NO/c1-10(2)8-9(14)13(7)12(5,6)11(10,3)4/h9,14H,8H2,1-7H3. The predicted molar refractivity (Wildman–Crippen MR) is 60.0 cm³/mol. The van der Waals surface area contributed by atoms with Crippen LogP contribution >= 0.6 is 0 Å². The summed E-state index contributed by atoms with van der Waals surface area (Å²) in [5.74, 6) is 0. The molecule has 1 fully saturated rings. The lowest BCUT2D eigenvalue weighted by Crippen LogP contribution is -2.66. The Morgan fingerprint density at radius 2 is 1.50 bits per heavy atom. The van der Waals surface area contributed by atoms with Crippen molar-refractivity contribution in [2.75, 3.05) is 7.05 Å². The first-order valence-corrected chi connectivity index (χ1v) is 5.45. The van der Waals surface area contributed by atoms with Crippen LogP contribution in [0.4, 0.5) is 0 Å². The smallest absolute Gasteiger partial charge is 0.108 e. The summed E-state index contributed by atoms with van der Waals surface area (Å²) in [4.78, 5) is 2.10. The van der Waals surface area contributed by atoms with E-state index in [2.05, 4.69) is 46.4 Å². The van der Waals surface area contributed by atoms with E-state index in [-0.39, 0.29) is 22.6 Å². The summed E-state index contributed by atoms with van der Waals surface area (Å²) < 4.78 is 0. The number of rotatable bonds is 0. The summed E-state index contributed by atoms with van der Waals surface area (Å²) in [6.07, 6.45) is 0.535.